The van der Waals surface area contributed by atoms with Crippen LogP contribution in [0.4, 0.5) is 0 Å². The summed E-state index contributed by atoms with van der Waals surface area (Å²) in [4.78, 5) is 0.113. The standard InChI is InChI=1S/C17H17N3O5S/c1-25-15-8-11(6-7-14(15)22)9-18-19-13(10-21)17-12-4-2-3-5-16(12)26(23,24)20-17/h2-9,13,19,21-22H,10H2,1H3/b18-9+. The smallest absolute Gasteiger partial charge is 0.283 e. The third-order valence-electron chi connectivity index (χ3n) is 3.82. The lowest BCUT2D eigenvalue weighted by atomic mass is 10.0. The van der Waals surface area contributed by atoms with Crippen LogP contribution in [0.15, 0.2) is 56.9 Å². The molecule has 2 aromatic rings. The average molecular weight is 375 g/mol. The van der Waals surface area contributed by atoms with E-state index >= 15 is 0 Å². The average Bonchev–Trinajstić information content (AvgIpc) is 2.91. The molecule has 0 saturated heterocycles. The number of hydrazone groups is 1. The van der Waals surface area contributed by atoms with Crippen molar-refractivity contribution in [1.82, 2.24) is 5.43 Å². The van der Waals surface area contributed by atoms with Crippen molar-refractivity contribution in [1.29, 1.82) is 0 Å². The molecule has 0 amide bonds. The van der Waals surface area contributed by atoms with Crippen molar-refractivity contribution in [3.63, 3.8) is 0 Å². The highest BCUT2D eigenvalue weighted by Gasteiger charge is 2.32. The number of aliphatic hydroxyl groups excluding tert-OH is 1. The van der Waals surface area contributed by atoms with Gasteiger partial charge in [-0.1, -0.05) is 18.2 Å². The molecule has 3 rings (SSSR count). The highest BCUT2D eigenvalue weighted by atomic mass is 32.2. The predicted octanol–water partition coefficient (Wildman–Crippen LogP) is 0.877. The number of aromatic hydroxyl groups is 1. The van der Waals surface area contributed by atoms with E-state index in [4.69, 9.17) is 4.74 Å². The van der Waals surface area contributed by atoms with Crippen LogP contribution < -0.4 is 10.2 Å². The normalized spacial score (nSPS) is 16.2. The van der Waals surface area contributed by atoms with Crippen LogP contribution in [0.25, 0.3) is 0 Å². The number of benzene rings is 2. The number of phenolic OH excluding ortho intramolecular Hbond substituents is 1. The molecule has 1 atom stereocenters. The summed E-state index contributed by atoms with van der Waals surface area (Å²) in [6.45, 7) is -0.390. The summed E-state index contributed by atoms with van der Waals surface area (Å²) in [5, 5.41) is 23.2. The van der Waals surface area contributed by atoms with E-state index in [0.717, 1.165) is 0 Å². The first-order valence-electron chi connectivity index (χ1n) is 7.67. The fourth-order valence-corrected chi connectivity index (χ4v) is 3.83. The summed E-state index contributed by atoms with van der Waals surface area (Å²) >= 11 is 0. The number of nitrogens with zero attached hydrogens (tertiary/aromatic N) is 2. The fraction of sp³-hybridized carbons (Fsp3) is 0.176. The van der Waals surface area contributed by atoms with Crippen molar-refractivity contribution < 1.29 is 23.4 Å². The van der Waals surface area contributed by atoms with Crippen molar-refractivity contribution in [2.45, 2.75) is 10.9 Å². The zero-order valence-electron chi connectivity index (χ0n) is 13.8. The van der Waals surface area contributed by atoms with Gasteiger partial charge in [-0.25, -0.2) is 0 Å². The maximum atomic E-state index is 12.1. The van der Waals surface area contributed by atoms with Gasteiger partial charge in [-0.3, -0.25) is 5.43 Å². The van der Waals surface area contributed by atoms with Crippen molar-refractivity contribution in [2.24, 2.45) is 9.50 Å². The highest BCUT2D eigenvalue weighted by Crippen LogP contribution is 2.27. The highest BCUT2D eigenvalue weighted by molar-refractivity contribution is 7.90. The van der Waals surface area contributed by atoms with E-state index in [1.807, 2.05) is 0 Å². The van der Waals surface area contributed by atoms with Gasteiger partial charge in [0.2, 0.25) is 0 Å². The van der Waals surface area contributed by atoms with Crippen molar-refractivity contribution in [2.75, 3.05) is 13.7 Å². The SMILES string of the molecule is COc1cc(/C=N/NC(CO)C2=NS(=O)(=O)c3ccccc32)ccc1O. The number of aliphatic hydroxyl groups is 1. The van der Waals surface area contributed by atoms with E-state index in [-0.39, 0.29) is 23.0 Å². The molecule has 0 spiro atoms. The van der Waals surface area contributed by atoms with Crippen LogP contribution >= 0.6 is 0 Å². The van der Waals surface area contributed by atoms with Crippen molar-refractivity contribution in [3.05, 3.63) is 53.6 Å². The summed E-state index contributed by atoms with van der Waals surface area (Å²) in [7, 11) is -2.32. The lowest BCUT2D eigenvalue weighted by Crippen LogP contribution is -2.36. The number of ether oxygens (including phenoxy) is 1. The predicted molar refractivity (Wildman–Crippen MR) is 96.4 cm³/mol. The van der Waals surface area contributed by atoms with E-state index in [9.17, 15) is 18.6 Å². The Morgan fingerprint density at radius 3 is 2.81 bits per heavy atom. The van der Waals surface area contributed by atoms with E-state index in [1.165, 1.54) is 25.5 Å². The number of fused-ring (bicyclic) bond motifs is 1. The molecular formula is C17H17N3O5S. The van der Waals surface area contributed by atoms with Crippen LogP contribution in [0.3, 0.4) is 0 Å². The molecule has 3 N–H and O–H groups in total. The molecule has 0 saturated carbocycles. The minimum Gasteiger partial charge on any atom is -0.504 e. The Labute approximate surface area is 150 Å². The van der Waals surface area contributed by atoms with Gasteiger partial charge in [-0.2, -0.15) is 17.9 Å². The molecule has 1 aliphatic rings. The molecule has 2 aromatic carbocycles. The second-order valence-corrected chi connectivity index (χ2v) is 7.07. The van der Waals surface area contributed by atoms with E-state index in [2.05, 4.69) is 14.9 Å². The molecule has 1 heterocycles. The van der Waals surface area contributed by atoms with Gasteiger partial charge < -0.3 is 14.9 Å². The number of phenols is 1. The molecule has 136 valence electrons. The Morgan fingerprint density at radius 1 is 1.31 bits per heavy atom. The monoisotopic (exact) mass is 375 g/mol. The maximum absolute atomic E-state index is 12.1. The van der Waals surface area contributed by atoms with Crippen LogP contribution in [0.1, 0.15) is 11.1 Å². The number of nitrogens with one attached hydrogen (secondary N) is 1. The fourth-order valence-electron chi connectivity index (χ4n) is 2.55. The van der Waals surface area contributed by atoms with Gasteiger partial charge in [-0.05, 0) is 29.8 Å². The summed E-state index contributed by atoms with van der Waals surface area (Å²) in [6, 6.07) is 10.3. The van der Waals surface area contributed by atoms with Gasteiger partial charge >= 0.3 is 0 Å². The molecule has 8 nitrogen and oxygen atoms in total. The third-order valence-corrected chi connectivity index (χ3v) is 5.17. The minimum absolute atomic E-state index is 0.00738. The number of hydrogen-bond donors (Lipinski definition) is 3. The van der Waals surface area contributed by atoms with Crippen LogP contribution in [0.5, 0.6) is 11.5 Å². The Hall–Kier alpha value is -2.91. The lowest BCUT2D eigenvalue weighted by Gasteiger charge is -2.14. The third kappa shape index (κ3) is 3.39. The lowest BCUT2D eigenvalue weighted by molar-refractivity contribution is 0.274. The summed E-state index contributed by atoms with van der Waals surface area (Å²) in [6.07, 6.45) is 1.46. The molecule has 0 radical (unpaired) electrons. The molecule has 0 fully saturated rings. The maximum Gasteiger partial charge on any atom is 0.283 e. The summed E-state index contributed by atoms with van der Waals surface area (Å²) < 4.78 is 33.0. The van der Waals surface area contributed by atoms with Crippen molar-refractivity contribution in [3.8, 4) is 11.5 Å². The second kappa shape index (κ2) is 7.14. The van der Waals surface area contributed by atoms with Crippen LogP contribution in [0.2, 0.25) is 0 Å². The molecule has 0 bridgehead atoms. The van der Waals surface area contributed by atoms with Gasteiger partial charge in [0.05, 0.1) is 30.5 Å². The van der Waals surface area contributed by atoms with E-state index in [1.54, 1.807) is 30.3 Å². The number of hydrogen-bond acceptors (Lipinski definition) is 7. The Morgan fingerprint density at radius 2 is 2.08 bits per heavy atom. The molecule has 1 aliphatic heterocycles. The molecular weight excluding hydrogens is 358 g/mol. The Balaban J connectivity index is 1.81. The number of sulfonamides is 1. The van der Waals surface area contributed by atoms with Crippen molar-refractivity contribution >= 4 is 21.9 Å². The first-order valence-corrected chi connectivity index (χ1v) is 9.11. The van der Waals surface area contributed by atoms with E-state index in [0.29, 0.717) is 16.9 Å². The minimum atomic E-state index is -3.76. The van der Waals surface area contributed by atoms with Crippen LogP contribution in [0, 0.1) is 0 Å². The molecule has 1 unspecified atom stereocenters. The Kier molecular flexibility index (Phi) is 4.92. The Bertz CT molecular complexity index is 986. The topological polar surface area (TPSA) is 121 Å². The first kappa shape index (κ1) is 17.9. The second-order valence-electron chi connectivity index (χ2n) is 5.50. The largest absolute Gasteiger partial charge is 0.504 e. The first-order chi connectivity index (χ1) is 12.5. The van der Waals surface area contributed by atoms with Crippen LogP contribution in [-0.2, 0) is 10.0 Å². The molecule has 9 heteroatoms. The summed E-state index contributed by atoms with van der Waals surface area (Å²) in [5.41, 5.74) is 4.01. The van der Waals surface area contributed by atoms with Gasteiger partial charge in [0.1, 0.15) is 6.04 Å². The van der Waals surface area contributed by atoms with E-state index < -0.39 is 16.1 Å². The zero-order chi connectivity index (χ0) is 18.7. The molecule has 0 aromatic heterocycles. The van der Waals surface area contributed by atoms with Gasteiger partial charge in [0.25, 0.3) is 10.0 Å². The number of methoxy groups -OCH3 is 1. The van der Waals surface area contributed by atoms with Gasteiger partial charge in [0, 0.05) is 5.56 Å². The van der Waals surface area contributed by atoms with Gasteiger partial charge in [0.15, 0.2) is 11.5 Å². The molecule has 26 heavy (non-hydrogen) atoms. The summed E-state index contributed by atoms with van der Waals surface area (Å²) in [5.74, 6) is 0.306. The quantitative estimate of drug-likeness (QED) is 0.509. The van der Waals surface area contributed by atoms with Gasteiger partial charge in [-0.15, -0.1) is 0 Å². The zero-order valence-corrected chi connectivity index (χ0v) is 14.6. The van der Waals surface area contributed by atoms with Crippen LogP contribution in [-0.4, -0.2) is 50.3 Å². The number of rotatable bonds is 6. The molecule has 0 aliphatic carbocycles.